The second-order valence-corrected chi connectivity index (χ2v) is 6.46. The van der Waals surface area contributed by atoms with Crippen molar-refractivity contribution in [3.63, 3.8) is 0 Å². The van der Waals surface area contributed by atoms with Crippen LogP contribution in [-0.4, -0.2) is 42.9 Å². The van der Waals surface area contributed by atoms with E-state index in [1.165, 1.54) is 0 Å². The molecule has 0 spiro atoms. The summed E-state index contributed by atoms with van der Waals surface area (Å²) in [5.41, 5.74) is 6.51. The van der Waals surface area contributed by atoms with E-state index in [1.54, 1.807) is 0 Å². The van der Waals surface area contributed by atoms with Crippen LogP contribution in [0.2, 0.25) is 0 Å². The maximum absolute atomic E-state index is 13.0. The smallest absolute Gasteiger partial charge is 0.230 e. The third kappa shape index (κ3) is 6.01. The molecule has 0 aromatic heterocycles. The largest absolute Gasteiger partial charge is 0.355 e. The summed E-state index contributed by atoms with van der Waals surface area (Å²) >= 11 is 0. The van der Waals surface area contributed by atoms with E-state index in [0.717, 1.165) is 37.8 Å². The van der Waals surface area contributed by atoms with E-state index in [-0.39, 0.29) is 36.1 Å². The molecular weight excluding hydrogens is 338 g/mol. The number of nitrogens with two attached hydrogens (primary N) is 1. The first kappa shape index (κ1) is 21.5. The summed E-state index contributed by atoms with van der Waals surface area (Å²) in [6, 6.07) is 9.96. The van der Waals surface area contributed by atoms with Crippen LogP contribution in [-0.2, 0) is 9.59 Å². The topological polar surface area (TPSA) is 75.4 Å². The predicted molar refractivity (Wildman–Crippen MR) is 103 cm³/mol. The van der Waals surface area contributed by atoms with Gasteiger partial charge in [0.25, 0.3) is 0 Å². The highest BCUT2D eigenvalue weighted by Crippen LogP contribution is 2.26. The third-order valence-corrected chi connectivity index (χ3v) is 4.62. The number of nitrogens with zero attached hydrogens (tertiary/aromatic N) is 1. The maximum Gasteiger partial charge on any atom is 0.230 e. The normalized spacial score (nSPS) is 18.2. The van der Waals surface area contributed by atoms with Gasteiger partial charge in [-0.05, 0) is 24.8 Å². The van der Waals surface area contributed by atoms with Crippen LogP contribution in [0.1, 0.15) is 44.1 Å². The molecule has 0 aliphatic carbocycles. The highest BCUT2D eigenvalue weighted by Gasteiger charge is 2.31. The summed E-state index contributed by atoms with van der Waals surface area (Å²) < 4.78 is 0. The molecule has 0 saturated carbocycles. The molecule has 140 valence electrons. The van der Waals surface area contributed by atoms with E-state index in [9.17, 15) is 9.59 Å². The molecule has 1 heterocycles. The van der Waals surface area contributed by atoms with Crippen molar-refractivity contribution >= 4 is 24.2 Å². The van der Waals surface area contributed by atoms with Crippen molar-refractivity contribution in [2.75, 3.05) is 26.2 Å². The highest BCUT2D eigenvalue weighted by atomic mass is 35.5. The summed E-state index contributed by atoms with van der Waals surface area (Å²) in [7, 11) is 0. The number of carbonyl (C=O) groups excluding carboxylic acids is 2. The monoisotopic (exact) mass is 367 g/mol. The van der Waals surface area contributed by atoms with E-state index in [2.05, 4.69) is 12.2 Å². The minimum Gasteiger partial charge on any atom is -0.355 e. The Balaban J connectivity index is 0.00000312. The molecule has 1 aliphatic heterocycles. The second-order valence-electron chi connectivity index (χ2n) is 6.46. The van der Waals surface area contributed by atoms with Crippen molar-refractivity contribution in [3.8, 4) is 0 Å². The average molecular weight is 368 g/mol. The maximum atomic E-state index is 13.0. The lowest BCUT2D eigenvalue weighted by atomic mass is 9.90. The molecule has 2 rings (SSSR count). The van der Waals surface area contributed by atoms with Gasteiger partial charge in [-0.2, -0.15) is 0 Å². The molecule has 0 radical (unpaired) electrons. The van der Waals surface area contributed by atoms with E-state index in [0.29, 0.717) is 19.6 Å². The van der Waals surface area contributed by atoms with Crippen molar-refractivity contribution < 1.29 is 9.59 Å². The minimum absolute atomic E-state index is 0. The standard InChI is InChI=1S/C19H29N3O2.ClH/c1-2-7-17(15-8-4-3-5-9-15)19(24)22-13-6-10-16(14-22)18(23)21-12-11-20;/h3-5,8-9,16-17H,2,6-7,10-14,20H2,1H3,(H,21,23);1H. The van der Waals surface area contributed by atoms with Crippen LogP contribution in [0, 0.1) is 5.92 Å². The SMILES string of the molecule is CCCC(C(=O)N1CCCC(C(=O)NCCN)C1)c1ccccc1.Cl. The van der Waals surface area contributed by atoms with Gasteiger partial charge in [0.1, 0.15) is 0 Å². The number of hydrogen-bond acceptors (Lipinski definition) is 3. The quantitative estimate of drug-likeness (QED) is 0.776. The number of benzene rings is 1. The fourth-order valence-corrected chi connectivity index (χ4v) is 3.36. The molecule has 2 unspecified atom stereocenters. The molecule has 6 heteroatoms. The Kier molecular flexibility index (Phi) is 9.53. The lowest BCUT2D eigenvalue weighted by Crippen LogP contribution is -2.47. The molecular formula is C19H30ClN3O2. The Morgan fingerprint density at radius 3 is 2.68 bits per heavy atom. The van der Waals surface area contributed by atoms with Gasteiger partial charge in [-0.3, -0.25) is 9.59 Å². The van der Waals surface area contributed by atoms with Crippen molar-refractivity contribution in [3.05, 3.63) is 35.9 Å². The number of piperidine rings is 1. The zero-order valence-electron chi connectivity index (χ0n) is 14.9. The molecule has 1 fully saturated rings. The van der Waals surface area contributed by atoms with Crippen molar-refractivity contribution in [1.82, 2.24) is 10.2 Å². The van der Waals surface area contributed by atoms with E-state index < -0.39 is 0 Å². The fraction of sp³-hybridized carbons (Fsp3) is 0.579. The minimum atomic E-state index is -0.118. The van der Waals surface area contributed by atoms with Gasteiger partial charge >= 0.3 is 0 Å². The van der Waals surface area contributed by atoms with Gasteiger partial charge in [-0.15, -0.1) is 12.4 Å². The Morgan fingerprint density at radius 1 is 1.32 bits per heavy atom. The van der Waals surface area contributed by atoms with Gasteiger partial charge in [0.15, 0.2) is 0 Å². The number of amides is 2. The average Bonchev–Trinajstić information content (AvgIpc) is 2.64. The number of rotatable bonds is 7. The molecule has 1 aromatic carbocycles. The van der Waals surface area contributed by atoms with Crippen LogP contribution in [0.25, 0.3) is 0 Å². The zero-order valence-corrected chi connectivity index (χ0v) is 15.8. The number of likely N-dealkylation sites (tertiary alicyclic amines) is 1. The van der Waals surface area contributed by atoms with Crippen LogP contribution in [0.5, 0.6) is 0 Å². The van der Waals surface area contributed by atoms with Crippen molar-refractivity contribution in [2.45, 2.75) is 38.5 Å². The Labute approximate surface area is 156 Å². The summed E-state index contributed by atoms with van der Waals surface area (Å²) in [4.78, 5) is 27.1. The van der Waals surface area contributed by atoms with Gasteiger partial charge < -0.3 is 16.0 Å². The highest BCUT2D eigenvalue weighted by molar-refractivity contribution is 5.86. The van der Waals surface area contributed by atoms with Crippen molar-refractivity contribution in [1.29, 1.82) is 0 Å². The third-order valence-electron chi connectivity index (χ3n) is 4.62. The van der Waals surface area contributed by atoms with Gasteiger partial charge in [0, 0.05) is 26.2 Å². The van der Waals surface area contributed by atoms with E-state index >= 15 is 0 Å². The van der Waals surface area contributed by atoms with Crippen LogP contribution < -0.4 is 11.1 Å². The summed E-state index contributed by atoms with van der Waals surface area (Å²) in [6.45, 7) is 4.29. The molecule has 0 bridgehead atoms. The first-order valence-electron chi connectivity index (χ1n) is 8.98. The number of nitrogens with one attached hydrogen (secondary N) is 1. The van der Waals surface area contributed by atoms with Crippen LogP contribution >= 0.6 is 12.4 Å². The van der Waals surface area contributed by atoms with Gasteiger partial charge in [0.2, 0.25) is 11.8 Å². The van der Waals surface area contributed by atoms with E-state index in [1.807, 2.05) is 35.2 Å². The summed E-state index contributed by atoms with van der Waals surface area (Å²) in [6.07, 6.45) is 3.51. The number of halogens is 1. The van der Waals surface area contributed by atoms with Gasteiger partial charge in [-0.1, -0.05) is 43.7 Å². The Morgan fingerprint density at radius 2 is 2.04 bits per heavy atom. The lowest BCUT2D eigenvalue weighted by Gasteiger charge is -2.34. The predicted octanol–water partition coefficient (Wildman–Crippen LogP) is 2.31. The molecule has 1 aliphatic rings. The molecule has 2 amide bonds. The van der Waals surface area contributed by atoms with Gasteiger partial charge in [0.05, 0.1) is 11.8 Å². The zero-order chi connectivity index (χ0) is 17.4. The number of carbonyl (C=O) groups is 2. The van der Waals surface area contributed by atoms with Crippen molar-refractivity contribution in [2.24, 2.45) is 11.7 Å². The molecule has 25 heavy (non-hydrogen) atoms. The summed E-state index contributed by atoms with van der Waals surface area (Å²) in [5, 5.41) is 2.85. The van der Waals surface area contributed by atoms with Crippen LogP contribution in [0.15, 0.2) is 30.3 Å². The molecule has 3 N–H and O–H groups in total. The molecule has 1 aromatic rings. The molecule has 5 nitrogen and oxygen atoms in total. The van der Waals surface area contributed by atoms with Crippen LogP contribution in [0.4, 0.5) is 0 Å². The lowest BCUT2D eigenvalue weighted by molar-refractivity contribution is -0.137. The Bertz CT molecular complexity index is 539. The van der Waals surface area contributed by atoms with Crippen LogP contribution in [0.3, 0.4) is 0 Å². The fourth-order valence-electron chi connectivity index (χ4n) is 3.36. The van der Waals surface area contributed by atoms with E-state index in [4.69, 9.17) is 5.73 Å². The molecule has 2 atom stereocenters. The first-order chi connectivity index (χ1) is 11.7. The first-order valence-corrected chi connectivity index (χ1v) is 8.98. The Hall–Kier alpha value is -1.59. The number of hydrogen-bond donors (Lipinski definition) is 2. The summed E-state index contributed by atoms with van der Waals surface area (Å²) in [5.74, 6) is -0.0570. The second kappa shape index (κ2) is 11.1. The molecule has 1 saturated heterocycles. The van der Waals surface area contributed by atoms with Gasteiger partial charge in [-0.25, -0.2) is 0 Å².